The molecule has 1 atom stereocenters. The lowest BCUT2D eigenvalue weighted by atomic mass is 10.0. The zero-order chi connectivity index (χ0) is 17.4. The van der Waals surface area contributed by atoms with E-state index in [1.807, 2.05) is 30.3 Å². The molecule has 1 heterocycles. The maximum atomic E-state index is 11.4. The Kier molecular flexibility index (Phi) is 6.24. The third kappa shape index (κ3) is 5.35. The molecule has 1 aromatic carbocycles. The van der Waals surface area contributed by atoms with Crippen LogP contribution >= 0.6 is 0 Å². The lowest BCUT2D eigenvalue weighted by molar-refractivity contribution is -0.137. The number of benzene rings is 1. The smallest absolute Gasteiger partial charge is 0.358 e. The fraction of sp³-hybridized carbons (Fsp3) is 0.294. The molecule has 126 valence electrons. The Morgan fingerprint density at radius 1 is 1.17 bits per heavy atom. The molecule has 0 spiro atoms. The molecule has 0 saturated heterocycles. The van der Waals surface area contributed by atoms with Gasteiger partial charge < -0.3 is 15.2 Å². The van der Waals surface area contributed by atoms with E-state index in [9.17, 15) is 9.59 Å². The predicted molar refractivity (Wildman–Crippen MR) is 87.8 cm³/mol. The van der Waals surface area contributed by atoms with Gasteiger partial charge in [0.15, 0.2) is 5.69 Å². The van der Waals surface area contributed by atoms with Gasteiger partial charge in [0.2, 0.25) is 0 Å². The molecule has 0 saturated carbocycles. The number of ether oxygens (including phenoxy) is 1. The van der Waals surface area contributed by atoms with Gasteiger partial charge in [0.1, 0.15) is 5.82 Å². The summed E-state index contributed by atoms with van der Waals surface area (Å²) in [6.45, 7) is 0. The average Bonchev–Trinajstić information content (AvgIpc) is 2.60. The van der Waals surface area contributed by atoms with Crippen LogP contribution in [-0.2, 0) is 16.0 Å². The summed E-state index contributed by atoms with van der Waals surface area (Å²) >= 11 is 0. The number of carbonyl (C=O) groups is 2. The molecule has 0 fully saturated rings. The highest BCUT2D eigenvalue weighted by molar-refractivity contribution is 5.86. The second kappa shape index (κ2) is 8.61. The normalized spacial score (nSPS) is 11.5. The second-order valence-electron chi connectivity index (χ2n) is 5.26. The van der Waals surface area contributed by atoms with Crippen molar-refractivity contribution in [2.75, 3.05) is 12.4 Å². The molecule has 1 aromatic heterocycles. The number of anilines is 1. The van der Waals surface area contributed by atoms with Gasteiger partial charge >= 0.3 is 11.9 Å². The Labute approximate surface area is 139 Å². The van der Waals surface area contributed by atoms with Crippen molar-refractivity contribution < 1.29 is 19.4 Å². The van der Waals surface area contributed by atoms with Crippen LogP contribution in [0.15, 0.2) is 42.5 Å². The minimum Gasteiger partial charge on any atom is -0.481 e. The summed E-state index contributed by atoms with van der Waals surface area (Å²) in [5, 5.41) is 19.8. The van der Waals surface area contributed by atoms with E-state index in [-0.39, 0.29) is 18.2 Å². The van der Waals surface area contributed by atoms with Crippen molar-refractivity contribution in [2.24, 2.45) is 0 Å². The SMILES string of the molecule is COC(=O)c1ccc(NC(CCC(=O)O)Cc2ccccc2)nn1. The first-order chi connectivity index (χ1) is 11.6. The molecule has 0 radical (unpaired) electrons. The van der Waals surface area contributed by atoms with Gasteiger partial charge in [-0.1, -0.05) is 30.3 Å². The van der Waals surface area contributed by atoms with E-state index in [0.717, 1.165) is 5.56 Å². The first kappa shape index (κ1) is 17.4. The quantitative estimate of drug-likeness (QED) is 0.715. The molecule has 2 rings (SSSR count). The highest BCUT2D eigenvalue weighted by Crippen LogP contribution is 2.13. The zero-order valence-electron chi connectivity index (χ0n) is 13.3. The molecule has 7 heteroatoms. The summed E-state index contributed by atoms with van der Waals surface area (Å²) in [6, 6.07) is 12.8. The number of aromatic nitrogens is 2. The van der Waals surface area contributed by atoms with E-state index in [4.69, 9.17) is 5.11 Å². The first-order valence-electron chi connectivity index (χ1n) is 7.53. The maximum absolute atomic E-state index is 11.4. The monoisotopic (exact) mass is 329 g/mol. The van der Waals surface area contributed by atoms with Crippen LogP contribution < -0.4 is 5.32 Å². The van der Waals surface area contributed by atoms with Crippen LogP contribution in [0.1, 0.15) is 28.9 Å². The molecule has 0 aliphatic carbocycles. The molecule has 24 heavy (non-hydrogen) atoms. The van der Waals surface area contributed by atoms with E-state index in [1.54, 1.807) is 6.07 Å². The number of nitrogens with one attached hydrogen (secondary N) is 1. The molecule has 0 amide bonds. The molecule has 0 aliphatic rings. The van der Waals surface area contributed by atoms with E-state index < -0.39 is 11.9 Å². The number of methoxy groups -OCH3 is 1. The van der Waals surface area contributed by atoms with Crippen molar-refractivity contribution in [3.63, 3.8) is 0 Å². The van der Waals surface area contributed by atoms with Gasteiger partial charge in [0.25, 0.3) is 0 Å². The number of hydrogen-bond acceptors (Lipinski definition) is 6. The lowest BCUT2D eigenvalue weighted by Gasteiger charge is -2.18. The van der Waals surface area contributed by atoms with Gasteiger partial charge in [0.05, 0.1) is 7.11 Å². The van der Waals surface area contributed by atoms with Gasteiger partial charge in [-0.05, 0) is 30.5 Å². The fourth-order valence-corrected chi connectivity index (χ4v) is 2.25. The Balaban J connectivity index is 2.06. The van der Waals surface area contributed by atoms with Crippen LogP contribution in [0.5, 0.6) is 0 Å². The van der Waals surface area contributed by atoms with Crippen LogP contribution in [0.2, 0.25) is 0 Å². The standard InChI is InChI=1S/C17H19N3O4/c1-24-17(23)14-8-9-15(20-19-14)18-13(7-10-16(21)22)11-12-5-3-2-4-6-12/h2-6,8-9,13H,7,10-11H2,1H3,(H,18,20)(H,21,22). The molecule has 2 aromatic rings. The molecule has 7 nitrogen and oxygen atoms in total. The van der Waals surface area contributed by atoms with Gasteiger partial charge in [-0.15, -0.1) is 10.2 Å². The number of carboxylic acids is 1. The number of rotatable bonds is 8. The molecule has 2 N–H and O–H groups in total. The Morgan fingerprint density at radius 2 is 1.92 bits per heavy atom. The maximum Gasteiger partial charge on any atom is 0.358 e. The number of hydrogen-bond donors (Lipinski definition) is 2. The topological polar surface area (TPSA) is 101 Å². The number of esters is 1. The van der Waals surface area contributed by atoms with Gasteiger partial charge in [0, 0.05) is 12.5 Å². The van der Waals surface area contributed by atoms with Crippen molar-refractivity contribution in [1.82, 2.24) is 10.2 Å². The van der Waals surface area contributed by atoms with Crippen molar-refractivity contribution in [2.45, 2.75) is 25.3 Å². The average molecular weight is 329 g/mol. The minimum atomic E-state index is -0.845. The summed E-state index contributed by atoms with van der Waals surface area (Å²) in [6.07, 6.45) is 1.16. The second-order valence-corrected chi connectivity index (χ2v) is 5.26. The molecular weight excluding hydrogens is 310 g/mol. The Bertz CT molecular complexity index is 674. The van der Waals surface area contributed by atoms with Crippen LogP contribution in [0.4, 0.5) is 5.82 Å². The van der Waals surface area contributed by atoms with Crippen molar-refractivity contribution >= 4 is 17.8 Å². The Hall–Kier alpha value is -2.96. The van der Waals surface area contributed by atoms with Crippen molar-refractivity contribution in [1.29, 1.82) is 0 Å². The van der Waals surface area contributed by atoms with E-state index in [2.05, 4.69) is 20.3 Å². The summed E-state index contributed by atoms with van der Waals surface area (Å²) in [5.41, 5.74) is 1.22. The first-order valence-corrected chi connectivity index (χ1v) is 7.53. The summed E-state index contributed by atoms with van der Waals surface area (Å²) in [5.74, 6) is -0.920. The molecule has 1 unspecified atom stereocenters. The fourth-order valence-electron chi connectivity index (χ4n) is 2.25. The Morgan fingerprint density at radius 3 is 2.50 bits per heavy atom. The van der Waals surface area contributed by atoms with Crippen LogP contribution in [0.25, 0.3) is 0 Å². The minimum absolute atomic E-state index is 0.0537. The molecule has 0 bridgehead atoms. The molecule has 0 aliphatic heterocycles. The third-order valence-electron chi connectivity index (χ3n) is 3.44. The van der Waals surface area contributed by atoms with E-state index in [1.165, 1.54) is 13.2 Å². The van der Waals surface area contributed by atoms with E-state index >= 15 is 0 Å². The highest BCUT2D eigenvalue weighted by Gasteiger charge is 2.14. The number of nitrogens with zero attached hydrogens (tertiary/aromatic N) is 2. The van der Waals surface area contributed by atoms with E-state index in [0.29, 0.717) is 18.7 Å². The van der Waals surface area contributed by atoms with Gasteiger partial charge in [-0.2, -0.15) is 0 Å². The van der Waals surface area contributed by atoms with Crippen LogP contribution in [0, 0.1) is 0 Å². The predicted octanol–water partition coefficient (Wildman–Crippen LogP) is 2.15. The van der Waals surface area contributed by atoms with Gasteiger partial charge in [-0.25, -0.2) is 4.79 Å². The summed E-state index contributed by atoms with van der Waals surface area (Å²) in [4.78, 5) is 22.2. The number of carboxylic acid groups (broad SMARTS) is 1. The third-order valence-corrected chi connectivity index (χ3v) is 3.44. The largest absolute Gasteiger partial charge is 0.481 e. The van der Waals surface area contributed by atoms with Crippen molar-refractivity contribution in [3.8, 4) is 0 Å². The molecular formula is C17H19N3O4. The van der Waals surface area contributed by atoms with Crippen LogP contribution in [0.3, 0.4) is 0 Å². The number of carbonyl (C=O) groups excluding carboxylic acids is 1. The lowest BCUT2D eigenvalue weighted by Crippen LogP contribution is -2.24. The van der Waals surface area contributed by atoms with Crippen LogP contribution in [-0.4, -0.2) is 40.4 Å². The summed E-state index contributed by atoms with van der Waals surface area (Å²) < 4.78 is 4.57. The summed E-state index contributed by atoms with van der Waals surface area (Å²) in [7, 11) is 1.28. The zero-order valence-corrected chi connectivity index (χ0v) is 13.3. The highest BCUT2D eigenvalue weighted by atomic mass is 16.5. The number of aliphatic carboxylic acids is 1. The van der Waals surface area contributed by atoms with Gasteiger partial charge in [-0.3, -0.25) is 4.79 Å². The van der Waals surface area contributed by atoms with Crippen molar-refractivity contribution in [3.05, 3.63) is 53.7 Å².